The summed E-state index contributed by atoms with van der Waals surface area (Å²) < 4.78 is 2.04. The molecule has 94 valence electrons. The van der Waals surface area contributed by atoms with Crippen molar-refractivity contribution < 1.29 is 4.79 Å². The van der Waals surface area contributed by atoms with Gasteiger partial charge in [0.1, 0.15) is 0 Å². The third-order valence-corrected chi connectivity index (χ3v) is 3.37. The highest BCUT2D eigenvalue weighted by atomic mass is 16.1. The second-order valence-corrected chi connectivity index (χ2v) is 5.57. The van der Waals surface area contributed by atoms with E-state index < -0.39 is 0 Å². The Bertz CT molecular complexity index is 582. The van der Waals surface area contributed by atoms with Gasteiger partial charge in [0.25, 0.3) is 0 Å². The van der Waals surface area contributed by atoms with Gasteiger partial charge < -0.3 is 4.57 Å². The molecule has 2 aromatic rings. The molecular weight excluding hydrogens is 230 g/mol. The Hall–Kier alpha value is -1.98. The van der Waals surface area contributed by atoms with Gasteiger partial charge in [-0.15, -0.1) is 10.2 Å². The number of hydrogen-bond acceptors (Lipinski definition) is 4. The van der Waals surface area contributed by atoms with E-state index in [1.165, 1.54) is 0 Å². The van der Waals surface area contributed by atoms with E-state index in [9.17, 15) is 4.79 Å². The van der Waals surface area contributed by atoms with Crippen molar-refractivity contribution in [3.63, 3.8) is 0 Å². The number of aromatic nitrogens is 5. The van der Waals surface area contributed by atoms with E-state index in [-0.39, 0.29) is 11.2 Å². The quantitative estimate of drug-likeness (QED) is 0.862. The van der Waals surface area contributed by atoms with Crippen molar-refractivity contribution in [3.8, 4) is 0 Å². The predicted molar refractivity (Wildman–Crippen MR) is 64.1 cm³/mol. The van der Waals surface area contributed by atoms with Crippen molar-refractivity contribution in [1.29, 1.82) is 0 Å². The Morgan fingerprint density at radius 1 is 1.44 bits per heavy atom. The normalized spacial score (nSPS) is 17.8. The molecular formula is C12H15N5O. The minimum absolute atomic E-state index is 0.0252. The molecule has 2 aromatic heterocycles. The molecule has 0 saturated heterocycles. The van der Waals surface area contributed by atoms with Crippen LogP contribution in [0.3, 0.4) is 0 Å². The van der Waals surface area contributed by atoms with Gasteiger partial charge in [0.05, 0.1) is 6.54 Å². The second-order valence-electron chi connectivity index (χ2n) is 5.57. The molecule has 0 saturated carbocycles. The molecule has 0 bridgehead atoms. The van der Waals surface area contributed by atoms with Gasteiger partial charge in [-0.2, -0.15) is 5.21 Å². The smallest absolute Gasteiger partial charge is 0.194 e. The summed E-state index contributed by atoms with van der Waals surface area (Å²) in [6.45, 7) is 4.80. The molecule has 1 N–H and O–H groups in total. The fourth-order valence-corrected chi connectivity index (χ4v) is 2.55. The van der Waals surface area contributed by atoms with Crippen LogP contribution >= 0.6 is 0 Å². The maximum Gasteiger partial charge on any atom is 0.194 e. The second kappa shape index (κ2) is 3.76. The first-order chi connectivity index (χ1) is 8.55. The van der Waals surface area contributed by atoms with Gasteiger partial charge in [-0.05, 0) is 17.9 Å². The summed E-state index contributed by atoms with van der Waals surface area (Å²) in [4.78, 5) is 12.1. The zero-order valence-electron chi connectivity index (χ0n) is 10.5. The third-order valence-electron chi connectivity index (χ3n) is 3.37. The summed E-state index contributed by atoms with van der Waals surface area (Å²) in [5.74, 6) is 0.859. The Kier molecular flexibility index (Phi) is 2.33. The zero-order valence-corrected chi connectivity index (χ0v) is 10.5. The average Bonchev–Trinajstić information content (AvgIpc) is 2.88. The van der Waals surface area contributed by atoms with E-state index in [1.54, 1.807) is 0 Å². The monoisotopic (exact) mass is 245 g/mol. The Labute approximate surface area is 104 Å². The molecule has 0 spiro atoms. The number of ketones is 1. The highest BCUT2D eigenvalue weighted by molar-refractivity contribution is 5.98. The minimum atomic E-state index is 0.0252. The van der Waals surface area contributed by atoms with Crippen molar-refractivity contribution >= 4 is 5.78 Å². The first kappa shape index (κ1) is 11.1. The van der Waals surface area contributed by atoms with Crippen LogP contribution in [0.25, 0.3) is 0 Å². The van der Waals surface area contributed by atoms with Crippen LogP contribution in [0, 0.1) is 5.41 Å². The SMILES string of the molecule is CC1(C)CC(=O)c2ccn(Cc3nn[nH]n3)c2C1. The van der Waals surface area contributed by atoms with Crippen LogP contribution < -0.4 is 0 Å². The van der Waals surface area contributed by atoms with Gasteiger partial charge in [-0.3, -0.25) is 4.79 Å². The van der Waals surface area contributed by atoms with Gasteiger partial charge in [0.2, 0.25) is 0 Å². The number of aromatic amines is 1. The standard InChI is InChI=1S/C12H15N5O/c1-12(2)5-9-8(10(18)6-12)3-4-17(9)7-11-13-15-16-14-11/h3-4H,5-7H2,1-2H3,(H,13,14,15,16). The molecule has 0 amide bonds. The average molecular weight is 245 g/mol. The number of fused-ring (bicyclic) bond motifs is 1. The van der Waals surface area contributed by atoms with Crippen LogP contribution in [-0.2, 0) is 13.0 Å². The molecule has 0 unspecified atom stereocenters. The molecule has 6 nitrogen and oxygen atoms in total. The number of rotatable bonds is 2. The van der Waals surface area contributed by atoms with Crippen molar-refractivity contribution in [3.05, 3.63) is 29.3 Å². The summed E-state index contributed by atoms with van der Waals surface area (Å²) in [6.07, 6.45) is 3.45. The molecule has 0 radical (unpaired) electrons. The van der Waals surface area contributed by atoms with Gasteiger partial charge in [0.15, 0.2) is 11.6 Å². The zero-order chi connectivity index (χ0) is 12.8. The summed E-state index contributed by atoms with van der Waals surface area (Å²) >= 11 is 0. The van der Waals surface area contributed by atoms with E-state index in [2.05, 4.69) is 34.5 Å². The number of tetrazole rings is 1. The largest absolute Gasteiger partial charge is 0.343 e. The number of H-pyrrole nitrogens is 1. The van der Waals surface area contributed by atoms with E-state index in [1.807, 2.05) is 16.8 Å². The fourth-order valence-electron chi connectivity index (χ4n) is 2.55. The lowest BCUT2D eigenvalue weighted by Gasteiger charge is -2.29. The molecule has 6 heteroatoms. The molecule has 0 aromatic carbocycles. The number of carbonyl (C=O) groups is 1. The highest BCUT2D eigenvalue weighted by Crippen LogP contribution is 2.35. The van der Waals surface area contributed by atoms with Gasteiger partial charge in [-0.25, -0.2) is 0 Å². The summed E-state index contributed by atoms with van der Waals surface area (Å²) in [7, 11) is 0. The van der Waals surface area contributed by atoms with Gasteiger partial charge >= 0.3 is 0 Å². The molecule has 1 aliphatic carbocycles. The van der Waals surface area contributed by atoms with Crippen LogP contribution in [0.1, 0.15) is 42.1 Å². The Morgan fingerprint density at radius 3 is 3.00 bits per heavy atom. The highest BCUT2D eigenvalue weighted by Gasteiger charge is 2.33. The number of Topliss-reactive ketones (excluding diaryl/α,β-unsaturated/α-hetero) is 1. The lowest BCUT2D eigenvalue weighted by molar-refractivity contribution is 0.0910. The topological polar surface area (TPSA) is 76.5 Å². The lowest BCUT2D eigenvalue weighted by Crippen LogP contribution is -2.28. The maximum atomic E-state index is 12.1. The van der Waals surface area contributed by atoms with E-state index in [0.717, 1.165) is 17.7 Å². The summed E-state index contributed by atoms with van der Waals surface area (Å²) in [6, 6.07) is 1.90. The molecule has 0 fully saturated rings. The van der Waals surface area contributed by atoms with Crippen LogP contribution in [-0.4, -0.2) is 31.0 Å². The molecule has 2 heterocycles. The molecule has 1 aliphatic rings. The lowest BCUT2D eigenvalue weighted by atomic mass is 9.76. The first-order valence-corrected chi connectivity index (χ1v) is 5.99. The number of carbonyl (C=O) groups excluding carboxylic acids is 1. The van der Waals surface area contributed by atoms with Crippen LogP contribution in [0.2, 0.25) is 0 Å². The van der Waals surface area contributed by atoms with E-state index >= 15 is 0 Å². The van der Waals surface area contributed by atoms with Crippen LogP contribution in [0.4, 0.5) is 0 Å². The van der Waals surface area contributed by atoms with Crippen molar-refractivity contribution in [1.82, 2.24) is 25.2 Å². The molecule has 3 rings (SSSR count). The molecule has 18 heavy (non-hydrogen) atoms. The van der Waals surface area contributed by atoms with Gasteiger partial charge in [-0.1, -0.05) is 19.1 Å². The number of nitrogens with one attached hydrogen (secondary N) is 1. The van der Waals surface area contributed by atoms with Crippen LogP contribution in [0.15, 0.2) is 12.3 Å². The van der Waals surface area contributed by atoms with E-state index in [4.69, 9.17) is 0 Å². The number of nitrogens with zero attached hydrogens (tertiary/aromatic N) is 4. The maximum absolute atomic E-state index is 12.1. The summed E-state index contributed by atoms with van der Waals surface area (Å²) in [5, 5.41) is 13.9. The molecule has 0 aliphatic heterocycles. The van der Waals surface area contributed by atoms with Gasteiger partial charge in [0, 0.05) is 23.9 Å². The number of hydrogen-bond donors (Lipinski definition) is 1. The van der Waals surface area contributed by atoms with Crippen molar-refractivity contribution in [2.45, 2.75) is 33.2 Å². The van der Waals surface area contributed by atoms with Crippen molar-refractivity contribution in [2.24, 2.45) is 5.41 Å². The molecule has 0 atom stereocenters. The predicted octanol–water partition coefficient (Wildman–Crippen LogP) is 1.20. The van der Waals surface area contributed by atoms with Crippen molar-refractivity contribution in [2.75, 3.05) is 0 Å². The third kappa shape index (κ3) is 1.83. The fraction of sp³-hybridized carbons (Fsp3) is 0.500. The first-order valence-electron chi connectivity index (χ1n) is 5.99. The Morgan fingerprint density at radius 2 is 2.28 bits per heavy atom. The minimum Gasteiger partial charge on any atom is -0.343 e. The summed E-state index contributed by atoms with van der Waals surface area (Å²) in [5.41, 5.74) is 1.95. The van der Waals surface area contributed by atoms with E-state index in [0.29, 0.717) is 18.8 Å². The Balaban J connectivity index is 1.97. The van der Waals surface area contributed by atoms with Crippen LogP contribution in [0.5, 0.6) is 0 Å².